The molecule has 90 valence electrons. The highest BCUT2D eigenvalue weighted by Crippen LogP contribution is 2.33. The second-order valence-corrected chi connectivity index (χ2v) is 4.42. The van der Waals surface area contributed by atoms with E-state index in [4.69, 9.17) is 9.84 Å². The van der Waals surface area contributed by atoms with Gasteiger partial charge < -0.3 is 14.7 Å². The highest BCUT2D eigenvalue weighted by molar-refractivity contribution is 5.70. The van der Waals surface area contributed by atoms with Gasteiger partial charge in [-0.1, -0.05) is 19.6 Å². The monoisotopic (exact) mass is 227 g/mol. The summed E-state index contributed by atoms with van der Waals surface area (Å²) in [5.41, 5.74) is -0.334. The molecule has 1 aliphatic rings. The largest absolute Gasteiger partial charge is 0.481 e. The maximum absolute atomic E-state index is 11.5. The van der Waals surface area contributed by atoms with Crippen molar-refractivity contribution in [3.63, 3.8) is 0 Å². The van der Waals surface area contributed by atoms with Crippen molar-refractivity contribution in [3.8, 4) is 0 Å². The first-order valence-electron chi connectivity index (χ1n) is 5.21. The molecule has 0 spiro atoms. The van der Waals surface area contributed by atoms with Gasteiger partial charge >= 0.3 is 12.1 Å². The zero-order chi connectivity index (χ0) is 12.2. The van der Waals surface area contributed by atoms with Crippen molar-refractivity contribution in [1.82, 2.24) is 4.90 Å². The second kappa shape index (κ2) is 5.01. The van der Waals surface area contributed by atoms with Crippen LogP contribution in [0.2, 0.25) is 0 Å². The SMILES string of the molecule is C=CCOC(=O)N1CCC(C)(CC(=O)O)C1. The van der Waals surface area contributed by atoms with Crippen LogP contribution in [0.3, 0.4) is 0 Å². The fraction of sp³-hybridized carbons (Fsp3) is 0.636. The molecule has 1 heterocycles. The van der Waals surface area contributed by atoms with Crippen LogP contribution in [0.1, 0.15) is 19.8 Å². The number of ether oxygens (including phenoxy) is 1. The molecule has 1 atom stereocenters. The Hall–Kier alpha value is -1.52. The molecule has 0 bridgehead atoms. The average molecular weight is 227 g/mol. The van der Waals surface area contributed by atoms with Crippen molar-refractivity contribution in [2.45, 2.75) is 19.8 Å². The molecule has 1 amide bonds. The summed E-state index contributed by atoms with van der Waals surface area (Å²) < 4.78 is 4.89. The second-order valence-electron chi connectivity index (χ2n) is 4.42. The zero-order valence-electron chi connectivity index (χ0n) is 9.44. The van der Waals surface area contributed by atoms with Gasteiger partial charge in [0.15, 0.2) is 0 Å². The average Bonchev–Trinajstić information content (AvgIpc) is 2.55. The third kappa shape index (κ3) is 3.25. The lowest BCUT2D eigenvalue weighted by molar-refractivity contribution is -0.139. The summed E-state index contributed by atoms with van der Waals surface area (Å²) in [6.45, 7) is 6.51. The molecule has 0 aromatic rings. The number of carbonyl (C=O) groups is 2. The lowest BCUT2D eigenvalue weighted by Crippen LogP contribution is -2.32. The summed E-state index contributed by atoms with van der Waals surface area (Å²) in [5, 5.41) is 8.76. The summed E-state index contributed by atoms with van der Waals surface area (Å²) in [6, 6.07) is 0. The molecule has 1 saturated heterocycles. The van der Waals surface area contributed by atoms with Gasteiger partial charge in [0.1, 0.15) is 6.61 Å². The van der Waals surface area contributed by atoms with Crippen molar-refractivity contribution in [2.75, 3.05) is 19.7 Å². The van der Waals surface area contributed by atoms with Crippen LogP contribution in [-0.4, -0.2) is 41.8 Å². The van der Waals surface area contributed by atoms with Crippen molar-refractivity contribution < 1.29 is 19.4 Å². The fourth-order valence-corrected chi connectivity index (χ4v) is 1.91. The minimum atomic E-state index is -0.830. The van der Waals surface area contributed by atoms with Crippen LogP contribution in [0.4, 0.5) is 4.79 Å². The number of carbonyl (C=O) groups excluding carboxylic acids is 1. The smallest absolute Gasteiger partial charge is 0.410 e. The summed E-state index contributed by atoms with van der Waals surface area (Å²) >= 11 is 0. The minimum Gasteiger partial charge on any atom is -0.481 e. The molecule has 1 fully saturated rings. The number of carboxylic acid groups (broad SMARTS) is 1. The summed E-state index contributed by atoms with van der Waals surface area (Å²) in [7, 11) is 0. The van der Waals surface area contributed by atoms with Gasteiger partial charge in [0.25, 0.3) is 0 Å². The third-order valence-corrected chi connectivity index (χ3v) is 2.72. The lowest BCUT2D eigenvalue weighted by atomic mass is 9.86. The summed E-state index contributed by atoms with van der Waals surface area (Å²) in [5.74, 6) is -0.830. The molecular weight excluding hydrogens is 210 g/mol. The Bertz CT molecular complexity index is 302. The van der Waals surface area contributed by atoms with Crippen LogP contribution < -0.4 is 0 Å². The van der Waals surface area contributed by atoms with Gasteiger partial charge in [0, 0.05) is 13.1 Å². The molecule has 5 heteroatoms. The first-order valence-corrected chi connectivity index (χ1v) is 5.21. The molecule has 0 aromatic carbocycles. The number of hydrogen-bond acceptors (Lipinski definition) is 3. The van der Waals surface area contributed by atoms with E-state index in [1.165, 1.54) is 6.08 Å². The van der Waals surface area contributed by atoms with Crippen LogP contribution in [0.5, 0.6) is 0 Å². The summed E-state index contributed by atoms with van der Waals surface area (Å²) in [6.07, 6.45) is 1.89. The molecule has 1 N–H and O–H groups in total. The van der Waals surface area contributed by atoms with E-state index in [2.05, 4.69) is 6.58 Å². The van der Waals surface area contributed by atoms with E-state index in [0.717, 1.165) is 0 Å². The Kier molecular flexibility index (Phi) is 3.93. The zero-order valence-corrected chi connectivity index (χ0v) is 9.44. The van der Waals surface area contributed by atoms with Gasteiger partial charge in [-0.2, -0.15) is 0 Å². The minimum absolute atomic E-state index is 0.0816. The number of likely N-dealkylation sites (tertiary alicyclic amines) is 1. The van der Waals surface area contributed by atoms with Crippen LogP contribution in [0, 0.1) is 5.41 Å². The van der Waals surface area contributed by atoms with E-state index in [9.17, 15) is 9.59 Å². The van der Waals surface area contributed by atoms with Gasteiger partial charge in [-0.25, -0.2) is 4.79 Å². The standard InChI is InChI=1S/C11H17NO4/c1-3-6-16-10(15)12-5-4-11(2,8-12)7-9(13)14/h3H,1,4-8H2,2H3,(H,13,14). The Morgan fingerprint density at radius 1 is 1.62 bits per heavy atom. The maximum Gasteiger partial charge on any atom is 0.410 e. The fourth-order valence-electron chi connectivity index (χ4n) is 1.91. The van der Waals surface area contributed by atoms with Crippen LogP contribution in [0.25, 0.3) is 0 Å². The van der Waals surface area contributed by atoms with Gasteiger partial charge in [-0.05, 0) is 11.8 Å². The van der Waals surface area contributed by atoms with E-state index in [0.29, 0.717) is 19.5 Å². The Labute approximate surface area is 94.7 Å². The first kappa shape index (κ1) is 12.5. The molecule has 1 unspecified atom stereocenters. The highest BCUT2D eigenvalue weighted by atomic mass is 16.6. The first-order chi connectivity index (χ1) is 7.47. The van der Waals surface area contributed by atoms with Crippen molar-refractivity contribution >= 4 is 12.1 Å². The van der Waals surface area contributed by atoms with Crippen LogP contribution in [-0.2, 0) is 9.53 Å². The number of nitrogens with zero attached hydrogens (tertiary/aromatic N) is 1. The van der Waals surface area contributed by atoms with Crippen molar-refractivity contribution in [2.24, 2.45) is 5.41 Å². The molecule has 0 aliphatic carbocycles. The van der Waals surface area contributed by atoms with Gasteiger partial charge in [0.05, 0.1) is 6.42 Å². The highest BCUT2D eigenvalue weighted by Gasteiger charge is 2.38. The Morgan fingerprint density at radius 2 is 2.31 bits per heavy atom. The molecule has 0 aromatic heterocycles. The predicted octanol–water partition coefficient (Wildman–Crippen LogP) is 1.50. The Morgan fingerprint density at radius 3 is 2.88 bits per heavy atom. The molecule has 0 radical (unpaired) electrons. The predicted molar refractivity (Wildman–Crippen MR) is 58.1 cm³/mol. The maximum atomic E-state index is 11.5. The molecule has 1 rings (SSSR count). The van der Waals surface area contributed by atoms with E-state index < -0.39 is 12.1 Å². The quantitative estimate of drug-likeness (QED) is 0.739. The number of hydrogen-bond donors (Lipinski definition) is 1. The molecule has 5 nitrogen and oxygen atoms in total. The number of carboxylic acids is 1. The molecular formula is C11H17NO4. The van der Waals surface area contributed by atoms with E-state index in [1.54, 1.807) is 4.90 Å². The van der Waals surface area contributed by atoms with Gasteiger partial charge in [0.2, 0.25) is 0 Å². The molecule has 0 saturated carbocycles. The Balaban J connectivity index is 2.47. The van der Waals surface area contributed by atoms with Gasteiger partial charge in [-0.3, -0.25) is 4.79 Å². The number of aliphatic carboxylic acids is 1. The van der Waals surface area contributed by atoms with E-state index >= 15 is 0 Å². The van der Waals surface area contributed by atoms with Crippen LogP contribution in [0.15, 0.2) is 12.7 Å². The normalized spacial score (nSPS) is 24.2. The van der Waals surface area contributed by atoms with Crippen LogP contribution >= 0.6 is 0 Å². The number of amides is 1. The number of rotatable bonds is 4. The summed E-state index contributed by atoms with van der Waals surface area (Å²) in [4.78, 5) is 23.7. The van der Waals surface area contributed by atoms with Crippen molar-refractivity contribution in [3.05, 3.63) is 12.7 Å². The van der Waals surface area contributed by atoms with E-state index in [1.807, 2.05) is 6.92 Å². The van der Waals surface area contributed by atoms with E-state index in [-0.39, 0.29) is 18.4 Å². The topological polar surface area (TPSA) is 66.8 Å². The molecule has 16 heavy (non-hydrogen) atoms. The van der Waals surface area contributed by atoms with Crippen molar-refractivity contribution in [1.29, 1.82) is 0 Å². The van der Waals surface area contributed by atoms with Gasteiger partial charge in [-0.15, -0.1) is 0 Å². The third-order valence-electron chi connectivity index (χ3n) is 2.72. The lowest BCUT2D eigenvalue weighted by Gasteiger charge is -2.22. The molecule has 1 aliphatic heterocycles.